The summed E-state index contributed by atoms with van der Waals surface area (Å²) >= 11 is 5.86. The highest BCUT2D eigenvalue weighted by Gasteiger charge is 2.37. The van der Waals surface area contributed by atoms with Crippen LogP contribution in [0.4, 0.5) is 13.2 Å². The van der Waals surface area contributed by atoms with Gasteiger partial charge >= 0.3 is 6.18 Å². The van der Waals surface area contributed by atoms with Crippen LogP contribution < -0.4 is 5.32 Å². The van der Waals surface area contributed by atoms with Gasteiger partial charge in [0.25, 0.3) is 5.91 Å². The van der Waals surface area contributed by atoms with E-state index in [0.29, 0.717) is 5.02 Å². The number of alkyl halides is 3. The number of amides is 1. The summed E-state index contributed by atoms with van der Waals surface area (Å²) < 4.78 is 39.1. The Morgan fingerprint density at radius 2 is 1.71 bits per heavy atom. The molecule has 0 spiro atoms. The van der Waals surface area contributed by atoms with Crippen LogP contribution in [-0.4, -0.2) is 11.9 Å². The second-order valence-electron chi connectivity index (χ2n) is 5.86. The molecule has 2 atom stereocenters. The second kappa shape index (κ2) is 6.48. The molecule has 0 bridgehead atoms. The predicted octanol–water partition coefficient (Wildman–Crippen LogP) is 5.03. The van der Waals surface area contributed by atoms with Gasteiger partial charge in [-0.3, -0.25) is 4.79 Å². The van der Waals surface area contributed by atoms with Gasteiger partial charge in [-0.15, -0.1) is 0 Å². The van der Waals surface area contributed by atoms with Crippen LogP contribution in [0.25, 0.3) is 0 Å². The number of carbonyl (C=O) groups excluding carboxylic acids is 1. The smallest absolute Gasteiger partial charge is 0.349 e. The van der Waals surface area contributed by atoms with Crippen molar-refractivity contribution in [3.8, 4) is 0 Å². The Labute approximate surface area is 142 Å². The molecular formula is C18H15ClF3NO. The van der Waals surface area contributed by atoms with Crippen molar-refractivity contribution in [1.82, 2.24) is 5.32 Å². The number of halogens is 4. The van der Waals surface area contributed by atoms with Crippen molar-refractivity contribution >= 4 is 17.5 Å². The van der Waals surface area contributed by atoms with Crippen molar-refractivity contribution < 1.29 is 18.0 Å². The summed E-state index contributed by atoms with van der Waals surface area (Å²) in [4.78, 5) is 12.3. The Bertz CT molecular complexity index is 743. The maximum absolute atomic E-state index is 13.0. The van der Waals surface area contributed by atoms with Crippen LogP contribution in [0, 0.1) is 0 Å². The number of hydrogen-bond donors (Lipinski definition) is 1. The highest BCUT2D eigenvalue weighted by Crippen LogP contribution is 2.38. The third-order valence-electron chi connectivity index (χ3n) is 4.37. The second-order valence-corrected chi connectivity index (χ2v) is 6.30. The van der Waals surface area contributed by atoms with E-state index in [1.165, 1.54) is 18.2 Å². The first-order valence-electron chi connectivity index (χ1n) is 7.59. The standard InChI is InChI=1S/C18H15ClF3NO/c19-12-7-5-11(6-8-12)13-9-10-16(13)23-17(24)14-3-1-2-4-15(14)18(20,21)22/h1-8,13,16H,9-10H2,(H,23,24)/t13-,16-/m1/s1. The maximum Gasteiger partial charge on any atom is 0.417 e. The molecule has 1 aliphatic rings. The van der Waals surface area contributed by atoms with Crippen molar-refractivity contribution in [2.24, 2.45) is 0 Å². The highest BCUT2D eigenvalue weighted by molar-refractivity contribution is 6.30. The number of carbonyl (C=O) groups is 1. The molecule has 1 fully saturated rings. The van der Waals surface area contributed by atoms with Crippen LogP contribution in [0.1, 0.15) is 40.2 Å². The molecule has 1 N–H and O–H groups in total. The van der Waals surface area contributed by atoms with Gasteiger partial charge in [-0.25, -0.2) is 0 Å². The summed E-state index contributed by atoms with van der Waals surface area (Å²) in [5, 5.41) is 3.36. The fourth-order valence-electron chi connectivity index (χ4n) is 2.96. The SMILES string of the molecule is O=C(N[C@@H]1CC[C@@H]1c1ccc(Cl)cc1)c1ccccc1C(F)(F)F. The minimum atomic E-state index is -4.55. The number of benzene rings is 2. The van der Waals surface area contributed by atoms with Crippen LogP contribution in [0.15, 0.2) is 48.5 Å². The fraction of sp³-hybridized carbons (Fsp3) is 0.278. The molecule has 0 aromatic heterocycles. The van der Waals surface area contributed by atoms with Crippen molar-refractivity contribution in [2.45, 2.75) is 31.0 Å². The average Bonchev–Trinajstić information content (AvgIpc) is 2.52. The van der Waals surface area contributed by atoms with Gasteiger partial charge in [0.05, 0.1) is 11.1 Å². The number of nitrogens with one attached hydrogen (secondary N) is 1. The molecule has 0 unspecified atom stereocenters. The lowest BCUT2D eigenvalue weighted by Gasteiger charge is -2.37. The van der Waals surface area contributed by atoms with E-state index in [9.17, 15) is 18.0 Å². The van der Waals surface area contributed by atoms with Gasteiger partial charge in [-0.2, -0.15) is 13.2 Å². The van der Waals surface area contributed by atoms with E-state index in [0.717, 1.165) is 24.5 Å². The van der Waals surface area contributed by atoms with E-state index in [2.05, 4.69) is 5.32 Å². The molecule has 0 heterocycles. The summed E-state index contributed by atoms with van der Waals surface area (Å²) in [6.07, 6.45) is -2.93. The summed E-state index contributed by atoms with van der Waals surface area (Å²) in [7, 11) is 0. The topological polar surface area (TPSA) is 29.1 Å². The van der Waals surface area contributed by atoms with Gasteiger partial charge in [0.1, 0.15) is 0 Å². The summed E-state index contributed by atoms with van der Waals surface area (Å²) in [6.45, 7) is 0. The van der Waals surface area contributed by atoms with E-state index >= 15 is 0 Å². The predicted molar refractivity (Wildman–Crippen MR) is 86.1 cm³/mol. The van der Waals surface area contributed by atoms with Gasteiger partial charge in [0, 0.05) is 17.0 Å². The van der Waals surface area contributed by atoms with E-state index in [4.69, 9.17) is 11.6 Å². The summed E-state index contributed by atoms with van der Waals surface area (Å²) in [6, 6.07) is 12.0. The maximum atomic E-state index is 13.0. The molecule has 1 saturated carbocycles. The molecule has 1 aliphatic carbocycles. The molecule has 0 radical (unpaired) electrons. The third-order valence-corrected chi connectivity index (χ3v) is 4.62. The lowest BCUT2D eigenvalue weighted by molar-refractivity contribution is -0.137. The first-order valence-corrected chi connectivity index (χ1v) is 7.96. The molecule has 0 saturated heterocycles. The Hall–Kier alpha value is -2.01. The van der Waals surface area contributed by atoms with E-state index < -0.39 is 17.6 Å². The zero-order valence-corrected chi connectivity index (χ0v) is 13.4. The zero-order valence-electron chi connectivity index (χ0n) is 12.6. The van der Waals surface area contributed by atoms with Crippen molar-refractivity contribution in [2.75, 3.05) is 0 Å². The first-order chi connectivity index (χ1) is 11.4. The molecule has 24 heavy (non-hydrogen) atoms. The molecule has 2 aromatic carbocycles. The van der Waals surface area contributed by atoms with E-state index in [-0.39, 0.29) is 17.5 Å². The minimum absolute atomic E-state index is 0.101. The van der Waals surface area contributed by atoms with Gasteiger partial charge < -0.3 is 5.32 Å². The van der Waals surface area contributed by atoms with E-state index in [1.54, 1.807) is 12.1 Å². The van der Waals surface area contributed by atoms with E-state index in [1.807, 2.05) is 12.1 Å². The lowest BCUT2D eigenvalue weighted by Crippen LogP contribution is -2.45. The molecule has 0 aliphatic heterocycles. The Kier molecular flexibility index (Phi) is 4.54. The lowest BCUT2D eigenvalue weighted by atomic mass is 9.75. The Morgan fingerprint density at radius 1 is 1.04 bits per heavy atom. The molecule has 1 amide bonds. The average molecular weight is 354 g/mol. The van der Waals surface area contributed by atoms with Crippen molar-refractivity contribution in [1.29, 1.82) is 0 Å². The monoisotopic (exact) mass is 353 g/mol. The van der Waals surface area contributed by atoms with Crippen LogP contribution >= 0.6 is 11.6 Å². The Balaban J connectivity index is 1.75. The fourth-order valence-corrected chi connectivity index (χ4v) is 3.08. The summed E-state index contributed by atoms with van der Waals surface area (Å²) in [5.41, 5.74) is -0.225. The van der Waals surface area contributed by atoms with Gasteiger partial charge in [-0.1, -0.05) is 35.9 Å². The Morgan fingerprint density at radius 3 is 2.29 bits per heavy atom. The van der Waals surface area contributed by atoms with Crippen molar-refractivity contribution in [3.63, 3.8) is 0 Å². The molecule has 3 rings (SSSR count). The zero-order chi connectivity index (χ0) is 17.3. The first kappa shape index (κ1) is 16.8. The molecular weight excluding hydrogens is 339 g/mol. The van der Waals surface area contributed by atoms with Crippen LogP contribution in [0.5, 0.6) is 0 Å². The molecule has 126 valence electrons. The number of rotatable bonds is 3. The molecule has 2 nitrogen and oxygen atoms in total. The minimum Gasteiger partial charge on any atom is -0.349 e. The number of hydrogen-bond acceptors (Lipinski definition) is 1. The quantitative estimate of drug-likeness (QED) is 0.823. The van der Waals surface area contributed by atoms with Crippen LogP contribution in [-0.2, 0) is 6.18 Å². The van der Waals surface area contributed by atoms with Crippen LogP contribution in [0.3, 0.4) is 0 Å². The highest BCUT2D eigenvalue weighted by atomic mass is 35.5. The largest absolute Gasteiger partial charge is 0.417 e. The molecule has 2 aromatic rings. The van der Waals surface area contributed by atoms with Gasteiger partial charge in [0.2, 0.25) is 0 Å². The van der Waals surface area contributed by atoms with Gasteiger partial charge in [0.15, 0.2) is 0 Å². The summed E-state index contributed by atoms with van der Waals surface area (Å²) in [5.74, 6) is -0.587. The van der Waals surface area contributed by atoms with Crippen molar-refractivity contribution in [3.05, 3.63) is 70.2 Å². The molecule has 6 heteroatoms. The normalized spacial score (nSPS) is 20.3. The third kappa shape index (κ3) is 3.41. The van der Waals surface area contributed by atoms with Gasteiger partial charge in [-0.05, 0) is 42.7 Å². The van der Waals surface area contributed by atoms with Crippen LogP contribution in [0.2, 0.25) is 5.02 Å².